The maximum absolute atomic E-state index is 12.8. The van der Waals surface area contributed by atoms with E-state index in [1.54, 1.807) is 12.4 Å². The lowest BCUT2D eigenvalue weighted by molar-refractivity contribution is 0.0730. The van der Waals surface area contributed by atoms with Crippen molar-refractivity contribution in [3.63, 3.8) is 0 Å². The molecule has 0 atom stereocenters. The van der Waals surface area contributed by atoms with Gasteiger partial charge in [0.1, 0.15) is 11.3 Å². The van der Waals surface area contributed by atoms with Gasteiger partial charge in [0.05, 0.1) is 10.7 Å². The number of H-pyrrole nitrogens is 2. The highest BCUT2D eigenvalue weighted by Crippen LogP contribution is 2.38. The molecule has 5 heterocycles. The first-order valence-electron chi connectivity index (χ1n) is 9.47. The number of piperazine rings is 1. The van der Waals surface area contributed by atoms with Gasteiger partial charge in [0, 0.05) is 73.0 Å². The van der Waals surface area contributed by atoms with Crippen LogP contribution in [-0.2, 0) is 0 Å². The summed E-state index contributed by atoms with van der Waals surface area (Å²) in [6.07, 6.45) is 7.02. The molecule has 4 aromatic heterocycles. The van der Waals surface area contributed by atoms with Gasteiger partial charge in [-0.25, -0.2) is 4.98 Å². The summed E-state index contributed by atoms with van der Waals surface area (Å²) in [7, 11) is 0. The van der Waals surface area contributed by atoms with Crippen LogP contribution in [0.2, 0.25) is 5.02 Å². The molecule has 1 amide bonds. The predicted octanol–water partition coefficient (Wildman–Crippen LogP) is 3.32. The molecule has 4 aromatic rings. The average molecular weight is 407 g/mol. The van der Waals surface area contributed by atoms with E-state index in [9.17, 15) is 4.79 Å². The number of nitrogens with one attached hydrogen (secondary N) is 3. The fourth-order valence-corrected chi connectivity index (χ4v) is 3.93. The second-order valence-corrected chi connectivity index (χ2v) is 7.45. The molecule has 0 radical (unpaired) electrons. The fourth-order valence-electron chi connectivity index (χ4n) is 3.77. The van der Waals surface area contributed by atoms with Gasteiger partial charge in [-0.1, -0.05) is 17.7 Å². The summed E-state index contributed by atoms with van der Waals surface area (Å²) in [5.41, 5.74) is 4.98. The Hall–Kier alpha value is -3.16. The van der Waals surface area contributed by atoms with Crippen molar-refractivity contribution in [1.29, 1.82) is 0 Å². The Balaban J connectivity index is 1.60. The summed E-state index contributed by atoms with van der Waals surface area (Å²) < 4.78 is 0. The summed E-state index contributed by atoms with van der Waals surface area (Å²) in [5.74, 6) is 0.0120. The molecular weight excluding hydrogens is 388 g/mol. The lowest BCUT2D eigenvalue weighted by Crippen LogP contribution is -2.46. The highest BCUT2D eigenvalue weighted by molar-refractivity contribution is 6.31. The molecule has 146 valence electrons. The molecule has 0 saturated carbocycles. The molecule has 0 aliphatic carbocycles. The number of hydrogen-bond donors (Lipinski definition) is 3. The van der Waals surface area contributed by atoms with Gasteiger partial charge in [-0.2, -0.15) is 0 Å². The number of carbonyl (C=O) groups excluding carboxylic acids is 1. The van der Waals surface area contributed by atoms with Gasteiger partial charge in [0.2, 0.25) is 0 Å². The van der Waals surface area contributed by atoms with E-state index in [-0.39, 0.29) is 5.91 Å². The third-order valence-corrected chi connectivity index (χ3v) is 5.38. The van der Waals surface area contributed by atoms with Crippen LogP contribution >= 0.6 is 11.6 Å². The topological polar surface area (TPSA) is 89.7 Å². The molecule has 5 rings (SSSR count). The fraction of sp³-hybridized carbons (Fsp3) is 0.190. The van der Waals surface area contributed by atoms with Gasteiger partial charge < -0.3 is 20.2 Å². The van der Waals surface area contributed by atoms with Crippen LogP contribution in [0.15, 0.2) is 49.1 Å². The van der Waals surface area contributed by atoms with E-state index in [1.807, 2.05) is 41.6 Å². The predicted molar refractivity (Wildman–Crippen MR) is 113 cm³/mol. The van der Waals surface area contributed by atoms with E-state index in [4.69, 9.17) is 11.6 Å². The van der Waals surface area contributed by atoms with Gasteiger partial charge in [0.15, 0.2) is 0 Å². The number of amides is 1. The largest absolute Gasteiger partial charge is 0.357 e. The van der Waals surface area contributed by atoms with E-state index < -0.39 is 0 Å². The van der Waals surface area contributed by atoms with Gasteiger partial charge >= 0.3 is 0 Å². The first kappa shape index (κ1) is 17.9. The van der Waals surface area contributed by atoms with Crippen molar-refractivity contribution in [3.05, 3.63) is 59.8 Å². The molecular formula is C21H19ClN6O. The van der Waals surface area contributed by atoms with Crippen molar-refractivity contribution >= 4 is 28.5 Å². The number of pyridine rings is 2. The van der Waals surface area contributed by atoms with Crippen LogP contribution in [-0.4, -0.2) is 56.9 Å². The normalized spacial score (nSPS) is 14.4. The minimum absolute atomic E-state index is 0.0120. The van der Waals surface area contributed by atoms with Crippen LogP contribution in [0, 0.1) is 0 Å². The molecule has 3 N–H and O–H groups in total. The average Bonchev–Trinajstić information content (AvgIpc) is 3.39. The van der Waals surface area contributed by atoms with Crippen molar-refractivity contribution in [3.8, 4) is 22.4 Å². The second kappa shape index (κ2) is 7.35. The molecule has 7 nitrogen and oxygen atoms in total. The zero-order valence-corrected chi connectivity index (χ0v) is 16.3. The van der Waals surface area contributed by atoms with Gasteiger partial charge in [-0.05, 0) is 18.2 Å². The Kier molecular flexibility index (Phi) is 4.54. The number of aromatic nitrogens is 4. The third-order valence-electron chi connectivity index (χ3n) is 5.17. The maximum atomic E-state index is 12.8. The van der Waals surface area contributed by atoms with E-state index in [0.717, 1.165) is 46.5 Å². The minimum atomic E-state index is 0.0120. The highest BCUT2D eigenvalue weighted by atomic mass is 35.5. The molecule has 0 spiro atoms. The first-order chi connectivity index (χ1) is 14.2. The smallest absolute Gasteiger partial charge is 0.270 e. The Morgan fingerprint density at radius 3 is 2.79 bits per heavy atom. The second-order valence-electron chi connectivity index (χ2n) is 7.01. The number of nitrogens with zero attached hydrogens (tertiary/aromatic N) is 3. The number of rotatable bonds is 3. The molecule has 1 aliphatic heterocycles. The maximum Gasteiger partial charge on any atom is 0.270 e. The van der Waals surface area contributed by atoms with Crippen LogP contribution in [0.5, 0.6) is 0 Å². The summed E-state index contributed by atoms with van der Waals surface area (Å²) in [5, 5.41) is 4.74. The quantitative estimate of drug-likeness (QED) is 0.487. The van der Waals surface area contributed by atoms with E-state index >= 15 is 0 Å². The number of halogens is 1. The summed E-state index contributed by atoms with van der Waals surface area (Å²) >= 11 is 6.21. The van der Waals surface area contributed by atoms with Crippen LogP contribution in [0.3, 0.4) is 0 Å². The van der Waals surface area contributed by atoms with Crippen LogP contribution < -0.4 is 5.32 Å². The van der Waals surface area contributed by atoms with Crippen molar-refractivity contribution in [2.45, 2.75) is 0 Å². The molecule has 0 unspecified atom stereocenters. The Bertz CT molecular complexity index is 1180. The molecule has 29 heavy (non-hydrogen) atoms. The first-order valence-corrected chi connectivity index (χ1v) is 9.85. The number of carbonyl (C=O) groups is 1. The zero-order chi connectivity index (χ0) is 19.8. The summed E-state index contributed by atoms with van der Waals surface area (Å²) in [6, 6.07) is 7.67. The third kappa shape index (κ3) is 3.28. The highest BCUT2D eigenvalue weighted by Gasteiger charge is 2.22. The van der Waals surface area contributed by atoms with Crippen molar-refractivity contribution in [2.24, 2.45) is 0 Å². The number of aromatic amines is 2. The van der Waals surface area contributed by atoms with Crippen molar-refractivity contribution in [2.75, 3.05) is 26.2 Å². The molecule has 1 fully saturated rings. The Morgan fingerprint density at radius 1 is 1.14 bits per heavy atom. The lowest BCUT2D eigenvalue weighted by atomic mass is 10.0. The monoisotopic (exact) mass is 406 g/mol. The molecule has 0 aromatic carbocycles. The van der Waals surface area contributed by atoms with Gasteiger partial charge in [0.25, 0.3) is 5.91 Å². The standard InChI is InChI=1S/C21H19ClN6O/c22-15-9-16-18(13-2-1-3-24-10-13)19(27-20(16)26-12-15)14-8-17(25-11-14)21(29)28-6-4-23-5-7-28/h1-3,8-12,23,25H,4-7H2,(H,26,27). The van der Waals surface area contributed by atoms with E-state index in [1.165, 1.54) is 0 Å². The SMILES string of the molecule is O=C(c1cc(-c2[nH]c3ncc(Cl)cc3c2-c2cccnc2)c[nH]1)N1CCNCC1. The summed E-state index contributed by atoms with van der Waals surface area (Å²) in [4.78, 5) is 29.9. The molecule has 0 bridgehead atoms. The molecule has 1 aliphatic rings. The van der Waals surface area contributed by atoms with E-state index in [0.29, 0.717) is 23.8 Å². The zero-order valence-electron chi connectivity index (χ0n) is 15.6. The Morgan fingerprint density at radius 2 is 2.00 bits per heavy atom. The minimum Gasteiger partial charge on any atom is -0.357 e. The van der Waals surface area contributed by atoms with Gasteiger partial charge in [-0.3, -0.25) is 9.78 Å². The van der Waals surface area contributed by atoms with Gasteiger partial charge in [-0.15, -0.1) is 0 Å². The lowest BCUT2D eigenvalue weighted by Gasteiger charge is -2.26. The number of fused-ring (bicyclic) bond motifs is 1. The van der Waals surface area contributed by atoms with E-state index in [2.05, 4.69) is 25.3 Å². The Labute approximate surface area is 172 Å². The van der Waals surface area contributed by atoms with Crippen LogP contribution in [0.4, 0.5) is 0 Å². The number of hydrogen-bond acceptors (Lipinski definition) is 4. The molecule has 8 heteroatoms. The van der Waals surface area contributed by atoms with Crippen molar-refractivity contribution < 1.29 is 4.79 Å². The van der Waals surface area contributed by atoms with Crippen molar-refractivity contribution in [1.82, 2.24) is 30.2 Å². The van der Waals surface area contributed by atoms with Crippen LogP contribution in [0.1, 0.15) is 10.5 Å². The summed E-state index contributed by atoms with van der Waals surface area (Å²) in [6.45, 7) is 3.06. The van der Waals surface area contributed by atoms with Crippen LogP contribution in [0.25, 0.3) is 33.4 Å². The molecule has 1 saturated heterocycles.